The Morgan fingerprint density at radius 1 is 1.24 bits per heavy atom. The number of aromatic hydroxyl groups is 1. The molecule has 0 spiro atoms. The fourth-order valence-corrected chi connectivity index (χ4v) is 2.39. The van der Waals surface area contributed by atoms with Crippen molar-refractivity contribution in [3.05, 3.63) is 75.5 Å². The SMILES string of the molecule is O=c1[nH]c(=O)n(-c2ccccc2)c(O)c1C=NCCCn1ccnc1. The van der Waals surface area contributed by atoms with Gasteiger partial charge in [-0.25, -0.2) is 14.3 Å². The Balaban J connectivity index is 1.80. The highest BCUT2D eigenvalue weighted by atomic mass is 16.3. The largest absolute Gasteiger partial charge is 0.493 e. The molecule has 0 radical (unpaired) electrons. The lowest BCUT2D eigenvalue weighted by Gasteiger charge is -2.09. The molecule has 3 aromatic rings. The van der Waals surface area contributed by atoms with E-state index in [2.05, 4.69) is 15.0 Å². The molecule has 8 nitrogen and oxygen atoms in total. The van der Waals surface area contributed by atoms with Crippen LogP contribution in [0.4, 0.5) is 0 Å². The summed E-state index contributed by atoms with van der Waals surface area (Å²) in [5.41, 5.74) is -0.971. The monoisotopic (exact) mass is 339 g/mol. The van der Waals surface area contributed by atoms with Crippen LogP contribution >= 0.6 is 0 Å². The molecule has 0 aliphatic rings. The highest BCUT2D eigenvalue weighted by molar-refractivity contribution is 5.82. The van der Waals surface area contributed by atoms with E-state index in [4.69, 9.17) is 0 Å². The fraction of sp³-hybridized carbons (Fsp3) is 0.176. The van der Waals surface area contributed by atoms with Crippen LogP contribution in [0.15, 0.2) is 63.6 Å². The average molecular weight is 339 g/mol. The second-order valence-corrected chi connectivity index (χ2v) is 5.36. The molecular weight excluding hydrogens is 322 g/mol. The summed E-state index contributed by atoms with van der Waals surface area (Å²) >= 11 is 0. The van der Waals surface area contributed by atoms with Gasteiger partial charge in [-0.3, -0.25) is 14.8 Å². The Morgan fingerprint density at radius 3 is 2.76 bits per heavy atom. The molecule has 0 fully saturated rings. The van der Waals surface area contributed by atoms with E-state index in [0.29, 0.717) is 12.2 Å². The molecule has 0 amide bonds. The smallest absolute Gasteiger partial charge is 0.335 e. The van der Waals surface area contributed by atoms with Crippen molar-refractivity contribution < 1.29 is 5.11 Å². The van der Waals surface area contributed by atoms with Crippen LogP contribution in [0, 0.1) is 0 Å². The highest BCUT2D eigenvalue weighted by Gasteiger charge is 2.13. The lowest BCUT2D eigenvalue weighted by atomic mass is 10.3. The van der Waals surface area contributed by atoms with Gasteiger partial charge in [0.25, 0.3) is 5.56 Å². The minimum atomic E-state index is -0.703. The number of benzene rings is 1. The lowest BCUT2D eigenvalue weighted by molar-refractivity contribution is 0.430. The molecule has 0 atom stereocenters. The molecule has 3 rings (SSSR count). The Labute approximate surface area is 142 Å². The van der Waals surface area contributed by atoms with E-state index in [-0.39, 0.29) is 5.56 Å². The fourth-order valence-electron chi connectivity index (χ4n) is 2.39. The van der Waals surface area contributed by atoms with E-state index in [0.717, 1.165) is 17.5 Å². The van der Waals surface area contributed by atoms with Crippen molar-refractivity contribution in [2.45, 2.75) is 13.0 Å². The molecule has 0 saturated carbocycles. The van der Waals surface area contributed by atoms with Gasteiger partial charge >= 0.3 is 5.69 Å². The van der Waals surface area contributed by atoms with Crippen LogP contribution in [0.5, 0.6) is 5.88 Å². The van der Waals surface area contributed by atoms with Crippen molar-refractivity contribution in [3.8, 4) is 11.6 Å². The number of hydrogen-bond donors (Lipinski definition) is 2. The first kappa shape index (κ1) is 16.4. The summed E-state index contributed by atoms with van der Waals surface area (Å²) in [5, 5.41) is 10.3. The maximum Gasteiger partial charge on any atom is 0.335 e. The van der Waals surface area contributed by atoms with Gasteiger partial charge in [-0.15, -0.1) is 0 Å². The highest BCUT2D eigenvalue weighted by Crippen LogP contribution is 2.14. The molecule has 0 saturated heterocycles. The first-order valence-electron chi connectivity index (χ1n) is 7.76. The molecule has 2 heterocycles. The van der Waals surface area contributed by atoms with Crippen molar-refractivity contribution in [2.24, 2.45) is 4.99 Å². The zero-order chi connectivity index (χ0) is 17.6. The van der Waals surface area contributed by atoms with Gasteiger partial charge in [-0.2, -0.15) is 0 Å². The average Bonchev–Trinajstić information content (AvgIpc) is 3.11. The summed E-state index contributed by atoms with van der Waals surface area (Å²) in [6.45, 7) is 1.23. The number of nitrogens with one attached hydrogen (secondary N) is 1. The quantitative estimate of drug-likeness (QED) is 0.515. The molecule has 0 unspecified atom stereocenters. The zero-order valence-corrected chi connectivity index (χ0v) is 13.4. The molecule has 128 valence electrons. The predicted molar refractivity (Wildman–Crippen MR) is 93.6 cm³/mol. The Kier molecular flexibility index (Phi) is 4.89. The zero-order valence-electron chi connectivity index (χ0n) is 13.4. The van der Waals surface area contributed by atoms with Crippen molar-refractivity contribution in [1.29, 1.82) is 0 Å². The standard InChI is InChI=1S/C17H17N5O3/c23-15-14(11-18-7-4-9-21-10-8-19-12-21)16(24)22(17(25)20-15)13-5-2-1-3-6-13/h1-3,5-6,8,10-12,24H,4,7,9H2,(H,20,23,25). The topological polar surface area (TPSA) is 105 Å². The van der Waals surface area contributed by atoms with E-state index in [9.17, 15) is 14.7 Å². The van der Waals surface area contributed by atoms with Crippen LogP contribution in [0.1, 0.15) is 12.0 Å². The summed E-state index contributed by atoms with van der Waals surface area (Å²) in [5.74, 6) is -0.432. The first-order chi connectivity index (χ1) is 12.2. The minimum Gasteiger partial charge on any atom is -0.493 e. The molecule has 2 aromatic heterocycles. The number of aryl methyl sites for hydroxylation is 1. The van der Waals surface area contributed by atoms with Crippen molar-refractivity contribution in [3.63, 3.8) is 0 Å². The maximum absolute atomic E-state index is 12.0. The number of aliphatic imine (C=N–C) groups is 1. The second kappa shape index (κ2) is 7.43. The Morgan fingerprint density at radius 2 is 2.04 bits per heavy atom. The Hall–Kier alpha value is -3.42. The lowest BCUT2D eigenvalue weighted by Crippen LogP contribution is -2.31. The molecule has 0 aliphatic carbocycles. The Bertz CT molecular complexity index is 972. The predicted octanol–water partition coefficient (Wildman–Crippen LogP) is 0.937. The third-order valence-electron chi connectivity index (χ3n) is 3.62. The molecular formula is C17H17N5O3. The van der Waals surface area contributed by atoms with E-state index >= 15 is 0 Å². The molecule has 0 bridgehead atoms. The van der Waals surface area contributed by atoms with Crippen LogP contribution in [0.2, 0.25) is 0 Å². The van der Waals surface area contributed by atoms with Gasteiger partial charge in [-0.1, -0.05) is 18.2 Å². The van der Waals surface area contributed by atoms with Crippen LogP contribution in [-0.4, -0.2) is 37.0 Å². The minimum absolute atomic E-state index is 0.0499. The molecule has 1 aromatic carbocycles. The van der Waals surface area contributed by atoms with Crippen molar-refractivity contribution >= 4 is 6.21 Å². The maximum atomic E-state index is 12.0. The molecule has 25 heavy (non-hydrogen) atoms. The van der Waals surface area contributed by atoms with Crippen LogP contribution in [-0.2, 0) is 6.54 Å². The van der Waals surface area contributed by atoms with Gasteiger partial charge in [0.05, 0.1) is 12.0 Å². The normalized spacial score (nSPS) is 11.2. The summed E-state index contributed by atoms with van der Waals surface area (Å²) in [4.78, 5) is 34.3. The number of imidazole rings is 1. The number of rotatable bonds is 6. The third kappa shape index (κ3) is 3.74. The van der Waals surface area contributed by atoms with E-state index in [1.165, 1.54) is 6.21 Å². The number of aromatic nitrogens is 4. The van der Waals surface area contributed by atoms with Gasteiger partial charge < -0.3 is 9.67 Å². The summed E-state index contributed by atoms with van der Waals surface area (Å²) in [6, 6.07) is 8.57. The van der Waals surface area contributed by atoms with Gasteiger partial charge in [0.1, 0.15) is 5.56 Å². The van der Waals surface area contributed by atoms with Gasteiger partial charge in [-0.05, 0) is 18.6 Å². The van der Waals surface area contributed by atoms with E-state index < -0.39 is 17.1 Å². The van der Waals surface area contributed by atoms with Crippen LogP contribution < -0.4 is 11.2 Å². The van der Waals surface area contributed by atoms with E-state index in [1.54, 1.807) is 42.9 Å². The molecule has 0 aliphatic heterocycles. The first-order valence-corrected chi connectivity index (χ1v) is 7.76. The molecule has 2 N–H and O–H groups in total. The van der Waals surface area contributed by atoms with E-state index in [1.807, 2.05) is 10.8 Å². The summed E-state index contributed by atoms with van der Waals surface area (Å²) in [7, 11) is 0. The van der Waals surface area contributed by atoms with Crippen molar-refractivity contribution in [2.75, 3.05) is 6.54 Å². The summed E-state index contributed by atoms with van der Waals surface area (Å²) in [6.07, 6.45) is 7.32. The van der Waals surface area contributed by atoms with Crippen molar-refractivity contribution in [1.82, 2.24) is 19.1 Å². The number of hydrogen-bond acceptors (Lipinski definition) is 5. The number of aromatic amines is 1. The third-order valence-corrected chi connectivity index (χ3v) is 3.62. The van der Waals surface area contributed by atoms with Crippen LogP contribution in [0.25, 0.3) is 5.69 Å². The van der Waals surface area contributed by atoms with Gasteiger partial charge in [0.15, 0.2) is 0 Å². The van der Waals surface area contributed by atoms with Gasteiger partial charge in [0, 0.05) is 31.7 Å². The van der Waals surface area contributed by atoms with Crippen LogP contribution in [0.3, 0.4) is 0 Å². The summed E-state index contributed by atoms with van der Waals surface area (Å²) < 4.78 is 2.96. The number of H-pyrrole nitrogens is 1. The number of nitrogens with zero attached hydrogens (tertiary/aromatic N) is 4. The second-order valence-electron chi connectivity index (χ2n) is 5.36. The molecule has 8 heteroatoms. The number of para-hydroxylation sites is 1. The van der Waals surface area contributed by atoms with Gasteiger partial charge in [0.2, 0.25) is 5.88 Å².